The molecular weight excluding hydrogens is 254 g/mol. The normalized spacial score (nSPS) is 10.1. The lowest BCUT2D eigenvalue weighted by Crippen LogP contribution is -2.17. The molecule has 18 heavy (non-hydrogen) atoms. The Morgan fingerprint density at radius 1 is 1.17 bits per heavy atom. The lowest BCUT2D eigenvalue weighted by molar-refractivity contribution is 0.0961. The summed E-state index contributed by atoms with van der Waals surface area (Å²) < 4.78 is 21.0. The van der Waals surface area contributed by atoms with E-state index in [4.69, 9.17) is 0 Å². The number of Topliss-reactive ketones (excluding diaryl/α,β-unsaturated/α-hetero) is 1. The Morgan fingerprint density at radius 2 is 1.67 bits per heavy atom. The average Bonchev–Trinajstić information content (AvgIpc) is 2.36. The van der Waals surface area contributed by atoms with Crippen LogP contribution in [-0.4, -0.2) is 32.9 Å². The Hall–Kier alpha value is -1.95. The molecule has 1 rings (SSSR count). The maximum absolute atomic E-state index is 11.8. The molecule has 0 atom stereocenters. The SMILES string of the molecule is C=C(C[SH](=O)=O)C(=O)c1ccc(C(=O)NC)cc1. The van der Waals surface area contributed by atoms with Crippen molar-refractivity contribution in [3.05, 3.63) is 47.5 Å². The molecule has 0 aliphatic rings. The number of amides is 1. The molecule has 0 saturated heterocycles. The minimum atomic E-state index is -2.67. The average molecular weight is 267 g/mol. The largest absolute Gasteiger partial charge is 0.355 e. The molecule has 0 aliphatic heterocycles. The van der Waals surface area contributed by atoms with Crippen molar-refractivity contribution >= 4 is 22.4 Å². The minimum Gasteiger partial charge on any atom is -0.355 e. The van der Waals surface area contributed by atoms with E-state index in [1.165, 1.54) is 31.3 Å². The van der Waals surface area contributed by atoms with E-state index >= 15 is 0 Å². The van der Waals surface area contributed by atoms with E-state index < -0.39 is 16.5 Å². The van der Waals surface area contributed by atoms with Crippen molar-refractivity contribution in [1.29, 1.82) is 0 Å². The summed E-state index contributed by atoms with van der Waals surface area (Å²) in [5.41, 5.74) is 0.748. The summed E-state index contributed by atoms with van der Waals surface area (Å²) in [5, 5.41) is 2.46. The smallest absolute Gasteiger partial charge is 0.251 e. The van der Waals surface area contributed by atoms with Crippen LogP contribution in [0.25, 0.3) is 0 Å². The molecule has 96 valence electrons. The van der Waals surface area contributed by atoms with Crippen molar-refractivity contribution in [2.24, 2.45) is 0 Å². The second-order valence-corrected chi connectivity index (χ2v) is 4.56. The zero-order chi connectivity index (χ0) is 13.7. The Balaban J connectivity index is 2.88. The first-order chi connectivity index (χ1) is 8.45. The monoisotopic (exact) mass is 267 g/mol. The highest BCUT2D eigenvalue weighted by Gasteiger charge is 2.12. The van der Waals surface area contributed by atoms with E-state index in [0.717, 1.165) is 0 Å². The molecule has 0 bridgehead atoms. The third-order valence-corrected chi connectivity index (χ3v) is 2.92. The van der Waals surface area contributed by atoms with Gasteiger partial charge in [-0.1, -0.05) is 18.7 Å². The van der Waals surface area contributed by atoms with Gasteiger partial charge in [0.15, 0.2) is 5.78 Å². The van der Waals surface area contributed by atoms with Gasteiger partial charge in [0.25, 0.3) is 5.91 Å². The molecule has 1 amide bonds. The first-order valence-electron chi connectivity index (χ1n) is 5.12. The number of hydrogen-bond donors (Lipinski definition) is 2. The molecule has 0 aromatic heterocycles. The fourth-order valence-corrected chi connectivity index (χ4v) is 1.80. The lowest BCUT2D eigenvalue weighted by atomic mass is 10.0. The fraction of sp³-hybridized carbons (Fsp3) is 0.167. The predicted molar refractivity (Wildman–Crippen MR) is 68.5 cm³/mol. The van der Waals surface area contributed by atoms with Gasteiger partial charge in [-0.2, -0.15) is 0 Å². The molecule has 1 aromatic carbocycles. The van der Waals surface area contributed by atoms with Crippen molar-refractivity contribution < 1.29 is 18.0 Å². The third kappa shape index (κ3) is 3.53. The van der Waals surface area contributed by atoms with Gasteiger partial charge in [-0.25, -0.2) is 8.42 Å². The first-order valence-corrected chi connectivity index (χ1v) is 6.48. The Morgan fingerprint density at radius 3 is 2.11 bits per heavy atom. The first kappa shape index (κ1) is 14.1. The number of nitrogens with one attached hydrogen (secondary N) is 1. The third-order valence-electron chi connectivity index (χ3n) is 2.28. The summed E-state index contributed by atoms with van der Waals surface area (Å²) >= 11 is 0. The van der Waals surface area contributed by atoms with E-state index in [-0.39, 0.29) is 17.2 Å². The second-order valence-electron chi connectivity index (χ2n) is 3.58. The number of ketones is 1. The Bertz CT molecular complexity index is 550. The number of hydrogen-bond acceptors (Lipinski definition) is 4. The Kier molecular flexibility index (Phi) is 4.79. The van der Waals surface area contributed by atoms with E-state index in [1.807, 2.05) is 0 Å². The van der Waals surface area contributed by atoms with Gasteiger partial charge in [0.1, 0.15) is 10.7 Å². The lowest BCUT2D eigenvalue weighted by Gasteiger charge is -2.03. The standard InChI is InChI=1S/C12H13NO4S/c1-8(7-18(16)17)11(14)9-3-5-10(6-4-9)12(15)13-2/h3-6,18H,1,7H2,2H3,(H,13,15). The Labute approximate surface area is 106 Å². The van der Waals surface area contributed by atoms with Crippen molar-refractivity contribution in [2.45, 2.75) is 0 Å². The molecule has 5 nitrogen and oxygen atoms in total. The van der Waals surface area contributed by atoms with Gasteiger partial charge in [0, 0.05) is 23.7 Å². The van der Waals surface area contributed by atoms with Gasteiger partial charge in [0.05, 0.1) is 5.75 Å². The van der Waals surface area contributed by atoms with Gasteiger partial charge in [0.2, 0.25) is 0 Å². The van der Waals surface area contributed by atoms with Gasteiger partial charge in [-0.15, -0.1) is 0 Å². The van der Waals surface area contributed by atoms with Crippen molar-refractivity contribution in [2.75, 3.05) is 12.8 Å². The van der Waals surface area contributed by atoms with Crippen LogP contribution in [0.15, 0.2) is 36.4 Å². The molecule has 0 heterocycles. The maximum atomic E-state index is 11.8. The number of thiol groups is 1. The number of benzene rings is 1. The molecule has 0 aliphatic carbocycles. The summed E-state index contributed by atoms with van der Waals surface area (Å²) in [7, 11) is -1.16. The highest BCUT2D eigenvalue weighted by Crippen LogP contribution is 2.09. The molecule has 0 unspecified atom stereocenters. The highest BCUT2D eigenvalue weighted by atomic mass is 32.2. The topological polar surface area (TPSA) is 80.3 Å². The highest BCUT2D eigenvalue weighted by molar-refractivity contribution is 7.72. The molecular formula is C12H13NO4S. The van der Waals surface area contributed by atoms with E-state index in [9.17, 15) is 18.0 Å². The molecule has 1 aromatic rings. The summed E-state index contributed by atoms with van der Waals surface area (Å²) in [5.74, 6) is -1.04. The van der Waals surface area contributed by atoms with Crippen LogP contribution in [0.4, 0.5) is 0 Å². The zero-order valence-electron chi connectivity index (χ0n) is 9.80. The van der Waals surface area contributed by atoms with Gasteiger partial charge in [-0.3, -0.25) is 9.59 Å². The quantitative estimate of drug-likeness (QED) is 0.459. The molecule has 0 spiro atoms. The van der Waals surface area contributed by atoms with Crippen molar-refractivity contribution in [1.82, 2.24) is 5.32 Å². The van der Waals surface area contributed by atoms with E-state index in [2.05, 4.69) is 11.9 Å². The van der Waals surface area contributed by atoms with Gasteiger partial charge in [-0.05, 0) is 12.1 Å². The van der Waals surface area contributed by atoms with Crippen LogP contribution >= 0.6 is 0 Å². The molecule has 0 radical (unpaired) electrons. The summed E-state index contributed by atoms with van der Waals surface area (Å²) in [6, 6.07) is 5.93. The molecule has 0 saturated carbocycles. The number of carbonyl (C=O) groups is 2. The van der Waals surface area contributed by atoms with Crippen LogP contribution < -0.4 is 5.32 Å². The fourth-order valence-electron chi connectivity index (χ4n) is 1.35. The van der Waals surface area contributed by atoms with E-state index in [1.54, 1.807) is 0 Å². The molecule has 1 N–H and O–H groups in total. The predicted octanol–water partition coefficient (Wildman–Crippen LogP) is 0.397. The maximum Gasteiger partial charge on any atom is 0.251 e. The minimum absolute atomic E-state index is 0.0128. The molecule has 6 heteroatoms. The second kappa shape index (κ2) is 6.11. The van der Waals surface area contributed by atoms with E-state index in [0.29, 0.717) is 11.1 Å². The van der Waals surface area contributed by atoms with Crippen LogP contribution in [0.2, 0.25) is 0 Å². The summed E-state index contributed by atoms with van der Waals surface area (Å²) in [4.78, 5) is 23.0. The zero-order valence-corrected chi connectivity index (χ0v) is 10.7. The van der Waals surface area contributed by atoms with Crippen LogP contribution in [-0.2, 0) is 10.7 Å². The number of carbonyl (C=O) groups excluding carboxylic acids is 2. The van der Waals surface area contributed by atoms with Crippen LogP contribution in [0.1, 0.15) is 20.7 Å². The van der Waals surface area contributed by atoms with Crippen LogP contribution in [0.5, 0.6) is 0 Å². The summed E-state index contributed by atoms with van der Waals surface area (Å²) in [6.45, 7) is 3.43. The van der Waals surface area contributed by atoms with Crippen molar-refractivity contribution in [3.8, 4) is 0 Å². The van der Waals surface area contributed by atoms with Crippen LogP contribution in [0, 0.1) is 0 Å². The summed E-state index contributed by atoms with van der Waals surface area (Å²) in [6.07, 6.45) is 0. The van der Waals surface area contributed by atoms with Crippen LogP contribution in [0.3, 0.4) is 0 Å². The van der Waals surface area contributed by atoms with Gasteiger partial charge < -0.3 is 5.32 Å². The van der Waals surface area contributed by atoms with Gasteiger partial charge >= 0.3 is 0 Å². The molecule has 0 fully saturated rings. The number of rotatable bonds is 5. The van der Waals surface area contributed by atoms with Crippen molar-refractivity contribution in [3.63, 3.8) is 0 Å².